The van der Waals surface area contributed by atoms with Gasteiger partial charge in [0.15, 0.2) is 0 Å². The first-order chi connectivity index (χ1) is 6.39. The van der Waals surface area contributed by atoms with Crippen LogP contribution in [0, 0.1) is 0 Å². The van der Waals surface area contributed by atoms with Crippen LogP contribution in [0.15, 0.2) is 37.6 Å². The fourth-order valence-electron chi connectivity index (χ4n) is 1.11. The van der Waals surface area contributed by atoms with E-state index in [1.165, 1.54) is 12.2 Å². The lowest BCUT2D eigenvalue weighted by molar-refractivity contribution is -0.0623. The Balaban J connectivity index is 4.57. The maximum Gasteiger partial charge on any atom is 0.214 e. The summed E-state index contributed by atoms with van der Waals surface area (Å²) in [7, 11) is -2.09. The van der Waals surface area contributed by atoms with Gasteiger partial charge in [-0.25, -0.2) is 4.39 Å². The van der Waals surface area contributed by atoms with Crippen LogP contribution >= 0.6 is 0 Å². The van der Waals surface area contributed by atoms with Crippen LogP contribution in [0.5, 0.6) is 0 Å². The predicted molar refractivity (Wildman–Crippen MR) is 62.2 cm³/mol. The Morgan fingerprint density at radius 3 is 1.93 bits per heavy atom. The molecule has 0 aromatic rings. The summed E-state index contributed by atoms with van der Waals surface area (Å²) in [6.07, 6.45) is 3.42. The normalized spacial score (nSPS) is 12.2. The molecule has 0 unspecified atom stereocenters. The Hall–Kier alpha value is -0.673. The molecule has 0 bridgehead atoms. The molecule has 0 fully saturated rings. The van der Waals surface area contributed by atoms with Crippen molar-refractivity contribution in [2.45, 2.75) is 31.8 Å². The first-order valence-electron chi connectivity index (χ1n) is 4.63. The van der Waals surface area contributed by atoms with Crippen molar-refractivity contribution in [1.29, 1.82) is 0 Å². The van der Waals surface area contributed by atoms with Crippen LogP contribution in [0.3, 0.4) is 0 Å². The molecule has 0 spiro atoms. The second-order valence-corrected chi connectivity index (χ2v) is 7.60. The fraction of sp³-hybridized carbons (Fsp3) is 0.455. The van der Waals surface area contributed by atoms with E-state index in [2.05, 4.69) is 19.7 Å². The quantitative estimate of drug-likeness (QED) is 0.463. The summed E-state index contributed by atoms with van der Waals surface area (Å²) in [5.41, 5.74) is 1.72. The number of halogens is 1. The third-order valence-electron chi connectivity index (χ3n) is 1.84. The molecule has 0 saturated carbocycles. The second kappa shape index (κ2) is 5.27. The van der Waals surface area contributed by atoms with Gasteiger partial charge in [0, 0.05) is 12.8 Å². The van der Waals surface area contributed by atoms with E-state index in [0.717, 1.165) is 0 Å². The summed E-state index contributed by atoms with van der Waals surface area (Å²) in [4.78, 5) is 0. The van der Waals surface area contributed by atoms with Gasteiger partial charge in [0.05, 0.1) is 0 Å². The second-order valence-electron chi connectivity index (χ2n) is 3.78. The van der Waals surface area contributed by atoms with Gasteiger partial charge in [0.25, 0.3) is 0 Å². The lowest BCUT2D eigenvalue weighted by Crippen LogP contribution is -2.40. The van der Waals surface area contributed by atoms with Crippen molar-refractivity contribution in [3.63, 3.8) is 0 Å². The first-order valence-corrected chi connectivity index (χ1v) is 7.62. The van der Waals surface area contributed by atoms with Gasteiger partial charge in [0.2, 0.25) is 14.2 Å². The summed E-state index contributed by atoms with van der Waals surface area (Å²) in [6.45, 7) is 14.5. The minimum atomic E-state index is -2.09. The monoisotopic (exact) mass is 214 g/mol. The average Bonchev–Trinajstić information content (AvgIpc) is 2.03. The predicted octanol–water partition coefficient (Wildman–Crippen LogP) is 3.75. The molecule has 0 aromatic heterocycles. The van der Waals surface area contributed by atoms with Crippen molar-refractivity contribution in [2.24, 2.45) is 0 Å². The van der Waals surface area contributed by atoms with Gasteiger partial charge in [-0.05, 0) is 13.1 Å². The van der Waals surface area contributed by atoms with Crippen LogP contribution in [0.1, 0.15) is 12.8 Å². The van der Waals surface area contributed by atoms with Gasteiger partial charge in [-0.15, -0.1) is 19.7 Å². The van der Waals surface area contributed by atoms with Crippen molar-refractivity contribution < 1.29 is 8.82 Å². The number of alkyl halides is 1. The molecule has 0 aliphatic heterocycles. The Labute approximate surface area is 87.1 Å². The van der Waals surface area contributed by atoms with E-state index in [1.54, 1.807) is 5.70 Å². The largest absolute Gasteiger partial charge is 0.383 e. The zero-order valence-corrected chi connectivity index (χ0v) is 10.1. The van der Waals surface area contributed by atoms with Crippen molar-refractivity contribution >= 4 is 8.32 Å². The van der Waals surface area contributed by atoms with Gasteiger partial charge in [-0.1, -0.05) is 17.9 Å². The summed E-state index contributed by atoms with van der Waals surface area (Å²) in [5, 5.41) is 0. The molecule has 0 atom stereocenters. The Morgan fingerprint density at radius 2 is 1.64 bits per heavy atom. The number of hydrogen-bond acceptors (Lipinski definition) is 1. The van der Waals surface area contributed by atoms with Gasteiger partial charge < -0.3 is 4.43 Å². The van der Waals surface area contributed by atoms with Crippen LogP contribution < -0.4 is 0 Å². The molecule has 0 aliphatic rings. The molecule has 80 valence electrons. The fourth-order valence-corrected chi connectivity index (χ4v) is 2.30. The maximum atomic E-state index is 14.1. The number of hydrogen-bond donors (Lipinski definition) is 0. The lowest BCUT2D eigenvalue weighted by atomic mass is 10.1. The summed E-state index contributed by atoms with van der Waals surface area (Å²) in [5.74, 6) is -1.66. The maximum absolute atomic E-state index is 14.1. The smallest absolute Gasteiger partial charge is 0.214 e. The summed E-state index contributed by atoms with van der Waals surface area (Å²) >= 11 is 0. The molecule has 0 amide bonds. The van der Waals surface area contributed by atoms with E-state index in [4.69, 9.17) is 4.43 Å². The Bertz CT molecular complexity index is 213. The van der Waals surface area contributed by atoms with Gasteiger partial charge in [0.1, 0.15) is 0 Å². The third kappa shape index (κ3) is 4.53. The first kappa shape index (κ1) is 13.3. The summed E-state index contributed by atoms with van der Waals surface area (Å²) in [6, 6.07) is 0. The molecule has 0 aromatic carbocycles. The van der Waals surface area contributed by atoms with Crippen molar-refractivity contribution in [1.82, 2.24) is 0 Å². The Kier molecular flexibility index (Phi) is 5.01. The molecular weight excluding hydrogens is 195 g/mol. The molecule has 1 nitrogen and oxygen atoms in total. The van der Waals surface area contributed by atoms with Gasteiger partial charge in [-0.3, -0.25) is 0 Å². The average molecular weight is 214 g/mol. The van der Waals surface area contributed by atoms with Crippen LogP contribution in [-0.4, -0.2) is 14.2 Å². The molecule has 0 N–H and O–H groups in total. The summed E-state index contributed by atoms with van der Waals surface area (Å²) < 4.78 is 19.6. The third-order valence-corrected chi connectivity index (χ3v) is 3.71. The molecule has 0 aliphatic carbocycles. The topological polar surface area (TPSA) is 9.23 Å². The van der Waals surface area contributed by atoms with Crippen LogP contribution in [0.25, 0.3) is 0 Å². The van der Waals surface area contributed by atoms with E-state index in [9.17, 15) is 4.39 Å². The van der Waals surface area contributed by atoms with Gasteiger partial charge in [-0.2, -0.15) is 0 Å². The van der Waals surface area contributed by atoms with Crippen LogP contribution in [-0.2, 0) is 4.43 Å². The van der Waals surface area contributed by atoms with E-state index in [0.29, 0.717) is 0 Å². The minimum Gasteiger partial charge on any atom is -0.383 e. The number of rotatable bonds is 7. The highest BCUT2D eigenvalue weighted by molar-refractivity contribution is 6.76. The van der Waals surface area contributed by atoms with E-state index >= 15 is 0 Å². The highest BCUT2D eigenvalue weighted by atomic mass is 28.4. The van der Waals surface area contributed by atoms with E-state index < -0.39 is 14.2 Å². The van der Waals surface area contributed by atoms with Crippen molar-refractivity contribution in [2.75, 3.05) is 0 Å². The minimum absolute atomic E-state index is 0.184. The molecular formula is C11H19FOSi. The molecule has 0 saturated heterocycles. The van der Waals surface area contributed by atoms with Crippen LogP contribution in [0.2, 0.25) is 13.1 Å². The molecule has 14 heavy (non-hydrogen) atoms. The van der Waals surface area contributed by atoms with E-state index in [-0.39, 0.29) is 12.8 Å². The zero-order chi connectivity index (χ0) is 11.2. The molecule has 0 radical (unpaired) electrons. The lowest BCUT2D eigenvalue weighted by Gasteiger charge is -2.31. The molecule has 0 heterocycles. The highest BCUT2D eigenvalue weighted by Gasteiger charge is 2.34. The standard InChI is InChI=1S/C11H19FOSi/c1-6-9-11(12,10-7-2)13-14(4,5)8-3/h6-8H,1-3,9-10H2,4-5H3. The molecule has 3 heteroatoms. The van der Waals surface area contributed by atoms with Crippen LogP contribution in [0.4, 0.5) is 4.39 Å². The van der Waals surface area contributed by atoms with Gasteiger partial charge >= 0.3 is 0 Å². The van der Waals surface area contributed by atoms with E-state index in [1.807, 2.05) is 13.1 Å². The van der Waals surface area contributed by atoms with Crippen molar-refractivity contribution in [3.05, 3.63) is 37.6 Å². The van der Waals surface area contributed by atoms with Crippen molar-refractivity contribution in [3.8, 4) is 0 Å². The Morgan fingerprint density at radius 1 is 1.21 bits per heavy atom. The zero-order valence-electron chi connectivity index (χ0n) is 9.05. The highest BCUT2D eigenvalue weighted by Crippen LogP contribution is 2.28. The molecule has 0 rings (SSSR count). The SMILES string of the molecule is C=CCC(F)(CC=C)O[Si](C)(C)C=C.